The minimum Gasteiger partial charge on any atom is -0.344 e. The van der Waals surface area contributed by atoms with Crippen LogP contribution in [-0.2, 0) is 0 Å². The molecule has 25 heavy (non-hydrogen) atoms. The molecule has 122 valence electrons. The van der Waals surface area contributed by atoms with Crippen LogP contribution in [0.1, 0.15) is 11.1 Å². The van der Waals surface area contributed by atoms with Crippen LogP contribution in [0.3, 0.4) is 0 Å². The van der Waals surface area contributed by atoms with E-state index < -0.39 is 0 Å². The molecule has 1 nitrogen and oxygen atoms in total. The average Bonchev–Trinajstić information content (AvgIpc) is 2.91. The van der Waals surface area contributed by atoms with Crippen molar-refractivity contribution in [1.29, 1.82) is 0 Å². The van der Waals surface area contributed by atoms with Crippen LogP contribution in [-0.4, -0.2) is 0 Å². The zero-order chi connectivity index (χ0) is 16.3. The van der Waals surface area contributed by atoms with Crippen LogP contribution in [0, 0.1) is 13.8 Å². The molecule has 4 aromatic carbocycles. The third-order valence-electron chi connectivity index (χ3n) is 5.27. The van der Waals surface area contributed by atoms with Crippen LogP contribution in [0.2, 0.25) is 0 Å². The highest BCUT2D eigenvalue weighted by atomic mass is 14.2. The lowest BCUT2D eigenvalue weighted by Gasteiger charge is -2.12. The van der Waals surface area contributed by atoms with Crippen LogP contribution in [0.15, 0.2) is 72.8 Å². The summed E-state index contributed by atoms with van der Waals surface area (Å²) in [4.78, 5) is 0. The monoisotopic (exact) mass is 323 g/mol. The van der Waals surface area contributed by atoms with Crippen molar-refractivity contribution in [3.05, 3.63) is 83.9 Å². The molecule has 0 spiro atoms. The molecule has 0 saturated carbocycles. The second kappa shape index (κ2) is 5.58. The summed E-state index contributed by atoms with van der Waals surface area (Å²) in [5, 5.41) is 2.73. The molecule has 0 atom stereocenters. The highest BCUT2D eigenvalue weighted by Crippen LogP contribution is 2.48. The van der Waals surface area contributed by atoms with E-state index >= 15 is 0 Å². The zero-order valence-electron chi connectivity index (χ0n) is 14.6. The molecule has 0 bridgehead atoms. The highest BCUT2D eigenvalue weighted by Gasteiger charge is 2.21. The first kappa shape index (κ1) is 15.6. The largest absolute Gasteiger partial charge is 0.344 e. The lowest BCUT2D eigenvalue weighted by atomic mass is 9.92. The Morgan fingerprint density at radius 1 is 0.560 bits per heavy atom. The quantitative estimate of drug-likeness (QED) is 0.356. The molecular weight excluding hydrogens is 302 g/mol. The van der Waals surface area contributed by atoms with Crippen LogP contribution in [0.5, 0.6) is 0 Å². The predicted octanol–water partition coefficient (Wildman–Crippen LogP) is 6.93. The number of rotatable bonds is 1. The molecule has 5 rings (SSSR count). The Kier molecular flexibility index (Phi) is 3.48. The van der Waals surface area contributed by atoms with Crippen molar-refractivity contribution in [3.8, 4) is 33.4 Å². The normalized spacial score (nSPS) is 11.3. The summed E-state index contributed by atoms with van der Waals surface area (Å²) >= 11 is 0. The zero-order valence-corrected chi connectivity index (χ0v) is 14.6. The van der Waals surface area contributed by atoms with Crippen molar-refractivity contribution in [2.24, 2.45) is 0 Å². The summed E-state index contributed by atoms with van der Waals surface area (Å²) in [7, 11) is 0. The van der Waals surface area contributed by atoms with Gasteiger partial charge in [-0.25, -0.2) is 0 Å². The fraction of sp³-hybridized carbons (Fsp3) is 0.0833. The van der Waals surface area contributed by atoms with Gasteiger partial charge in [0.05, 0.1) is 0 Å². The van der Waals surface area contributed by atoms with Crippen LogP contribution < -0.4 is 6.15 Å². The van der Waals surface area contributed by atoms with Crippen molar-refractivity contribution < 1.29 is 0 Å². The Balaban J connectivity index is 0.00000157. The van der Waals surface area contributed by atoms with E-state index in [1.54, 1.807) is 0 Å². The van der Waals surface area contributed by atoms with Crippen molar-refractivity contribution in [2.45, 2.75) is 13.8 Å². The van der Waals surface area contributed by atoms with Gasteiger partial charge in [-0.2, -0.15) is 0 Å². The maximum absolute atomic E-state index is 2.37. The van der Waals surface area contributed by atoms with Gasteiger partial charge in [0.15, 0.2) is 0 Å². The van der Waals surface area contributed by atoms with Gasteiger partial charge in [-0.15, -0.1) is 0 Å². The molecule has 3 N–H and O–H groups in total. The molecule has 0 fully saturated rings. The number of benzene rings is 4. The Bertz CT molecular complexity index is 1100. The van der Waals surface area contributed by atoms with Crippen molar-refractivity contribution in [1.82, 2.24) is 6.15 Å². The first-order valence-corrected chi connectivity index (χ1v) is 8.47. The van der Waals surface area contributed by atoms with E-state index in [4.69, 9.17) is 0 Å². The van der Waals surface area contributed by atoms with Gasteiger partial charge in [-0.1, -0.05) is 66.7 Å². The summed E-state index contributed by atoms with van der Waals surface area (Å²) in [6, 6.07) is 26.7. The van der Waals surface area contributed by atoms with Crippen LogP contribution in [0.4, 0.5) is 0 Å². The van der Waals surface area contributed by atoms with Crippen LogP contribution >= 0.6 is 0 Å². The van der Waals surface area contributed by atoms with Gasteiger partial charge in [-0.3, -0.25) is 0 Å². The third kappa shape index (κ3) is 2.13. The summed E-state index contributed by atoms with van der Waals surface area (Å²) in [6.07, 6.45) is 0. The van der Waals surface area contributed by atoms with Crippen LogP contribution in [0.25, 0.3) is 44.2 Å². The summed E-state index contributed by atoms with van der Waals surface area (Å²) in [6.45, 7) is 4.40. The van der Waals surface area contributed by atoms with Gasteiger partial charge >= 0.3 is 0 Å². The van der Waals surface area contributed by atoms with E-state index in [0.717, 1.165) is 0 Å². The van der Waals surface area contributed by atoms with Gasteiger partial charge in [0.25, 0.3) is 0 Å². The van der Waals surface area contributed by atoms with E-state index in [2.05, 4.69) is 86.6 Å². The topological polar surface area (TPSA) is 35.0 Å². The number of hydrogen-bond donors (Lipinski definition) is 1. The minimum absolute atomic E-state index is 0. The van der Waals surface area contributed by atoms with Crippen molar-refractivity contribution >= 4 is 10.8 Å². The molecule has 0 radical (unpaired) electrons. The minimum atomic E-state index is 0. The molecule has 0 aromatic heterocycles. The Morgan fingerprint density at radius 3 is 1.84 bits per heavy atom. The molecule has 0 aliphatic heterocycles. The smallest absolute Gasteiger partial charge is 0.00264 e. The van der Waals surface area contributed by atoms with Gasteiger partial charge in [0, 0.05) is 0 Å². The second-order valence-corrected chi connectivity index (χ2v) is 6.74. The maximum atomic E-state index is 2.37. The second-order valence-electron chi connectivity index (χ2n) is 6.74. The third-order valence-corrected chi connectivity index (χ3v) is 5.27. The lowest BCUT2D eigenvalue weighted by molar-refractivity contribution is 1.38. The standard InChI is InChI=1S/C24H18.H3N/c1-15-6-3-7-16(2)23(15)18-12-13-19-20-10-4-8-17-9-5-11-21(24(17)20)22(19)14-18;/h3-14H,1-2H3;1H3. The van der Waals surface area contributed by atoms with Crippen molar-refractivity contribution in [2.75, 3.05) is 0 Å². The van der Waals surface area contributed by atoms with Gasteiger partial charge in [0.2, 0.25) is 0 Å². The molecule has 0 saturated heterocycles. The highest BCUT2D eigenvalue weighted by molar-refractivity contribution is 6.15. The Morgan fingerprint density at radius 2 is 1.16 bits per heavy atom. The van der Waals surface area contributed by atoms with E-state index in [1.807, 2.05) is 0 Å². The molecule has 0 amide bonds. The van der Waals surface area contributed by atoms with Gasteiger partial charge in [0.1, 0.15) is 0 Å². The fourth-order valence-corrected chi connectivity index (χ4v) is 4.22. The fourth-order valence-electron chi connectivity index (χ4n) is 4.22. The predicted molar refractivity (Wildman–Crippen MR) is 108 cm³/mol. The first-order valence-electron chi connectivity index (χ1n) is 8.47. The molecule has 4 aromatic rings. The van der Waals surface area contributed by atoms with Gasteiger partial charge < -0.3 is 6.15 Å². The molecule has 1 heteroatoms. The number of fused-ring (bicyclic) bond motifs is 3. The average molecular weight is 323 g/mol. The molecular formula is C24H21N. The number of hydrogen-bond acceptors (Lipinski definition) is 1. The molecule has 1 aliphatic carbocycles. The van der Waals surface area contributed by atoms with E-state index in [0.29, 0.717) is 0 Å². The lowest BCUT2D eigenvalue weighted by Crippen LogP contribution is -1.88. The van der Waals surface area contributed by atoms with E-state index in [1.165, 1.54) is 55.3 Å². The first-order chi connectivity index (χ1) is 11.7. The van der Waals surface area contributed by atoms with E-state index in [9.17, 15) is 0 Å². The SMILES string of the molecule is Cc1cccc(C)c1-c1ccc2c(c1)-c1cccc3cccc-2c13.N. The Hall–Kier alpha value is -2.90. The summed E-state index contributed by atoms with van der Waals surface area (Å²) in [5.41, 5.74) is 10.8. The molecule has 0 unspecified atom stereocenters. The van der Waals surface area contributed by atoms with E-state index in [-0.39, 0.29) is 6.15 Å². The summed E-state index contributed by atoms with van der Waals surface area (Å²) < 4.78 is 0. The number of aryl methyl sites for hydroxylation is 2. The Labute approximate surface area is 148 Å². The van der Waals surface area contributed by atoms with Gasteiger partial charge in [-0.05, 0) is 75.2 Å². The molecule has 0 heterocycles. The molecule has 1 aliphatic rings. The van der Waals surface area contributed by atoms with Crippen molar-refractivity contribution in [3.63, 3.8) is 0 Å². The summed E-state index contributed by atoms with van der Waals surface area (Å²) in [5.74, 6) is 0. The maximum Gasteiger partial charge on any atom is -0.00264 e.